The number of aryl methyl sites for hydroxylation is 2. The van der Waals surface area contributed by atoms with Crippen molar-refractivity contribution in [2.45, 2.75) is 46.5 Å². The maximum absolute atomic E-state index is 13.3. The molecule has 0 amide bonds. The third-order valence-electron chi connectivity index (χ3n) is 5.54. The van der Waals surface area contributed by atoms with Crippen LogP contribution in [0.4, 0.5) is 37.7 Å². The second kappa shape index (κ2) is 10.6. The monoisotopic (exact) mass is 505 g/mol. The number of aromatic nitrogens is 1. The van der Waals surface area contributed by atoms with Gasteiger partial charge < -0.3 is 0 Å². The van der Waals surface area contributed by atoms with E-state index in [1.807, 2.05) is 0 Å². The number of hydrogen-bond acceptors (Lipinski definition) is 3. The average molecular weight is 506 g/mol. The van der Waals surface area contributed by atoms with E-state index in [-0.39, 0.29) is 11.4 Å². The summed E-state index contributed by atoms with van der Waals surface area (Å²) in [7, 11) is 0. The van der Waals surface area contributed by atoms with Gasteiger partial charge in [0.1, 0.15) is 0 Å². The van der Waals surface area contributed by atoms with Gasteiger partial charge in [0, 0.05) is 35.7 Å². The van der Waals surface area contributed by atoms with Crippen molar-refractivity contribution in [2.75, 3.05) is 0 Å². The molecular weight excluding hydrogens is 480 g/mol. The van der Waals surface area contributed by atoms with Crippen LogP contribution in [0.1, 0.15) is 41.8 Å². The van der Waals surface area contributed by atoms with Gasteiger partial charge >= 0.3 is 12.4 Å². The molecule has 190 valence electrons. The maximum atomic E-state index is 13.3. The number of aliphatic imine (C=N–C) groups is 2. The third kappa shape index (κ3) is 7.26. The van der Waals surface area contributed by atoms with Crippen molar-refractivity contribution in [2.24, 2.45) is 15.9 Å². The molecular formula is C27H25F6N3. The van der Waals surface area contributed by atoms with Gasteiger partial charge in [0.25, 0.3) is 0 Å². The van der Waals surface area contributed by atoms with E-state index in [1.165, 1.54) is 0 Å². The van der Waals surface area contributed by atoms with Crippen LogP contribution in [0.2, 0.25) is 0 Å². The highest BCUT2D eigenvalue weighted by Gasteiger charge is 2.32. The summed E-state index contributed by atoms with van der Waals surface area (Å²) in [6.45, 7) is 6.44. The van der Waals surface area contributed by atoms with Crippen LogP contribution in [-0.2, 0) is 18.8 Å². The Bertz CT molecular complexity index is 1200. The van der Waals surface area contributed by atoms with E-state index in [1.54, 1.807) is 64.2 Å². The smallest absolute Gasteiger partial charge is 0.261 e. The van der Waals surface area contributed by atoms with E-state index in [9.17, 15) is 26.3 Å². The molecule has 1 aromatic heterocycles. The van der Waals surface area contributed by atoms with E-state index in [0.717, 1.165) is 24.3 Å². The van der Waals surface area contributed by atoms with Crippen LogP contribution in [0.25, 0.3) is 0 Å². The minimum Gasteiger partial charge on any atom is -0.261 e. The molecule has 0 aliphatic carbocycles. The molecule has 0 atom stereocenters. The summed E-state index contributed by atoms with van der Waals surface area (Å²) in [5.74, 6) is -0.510. The first-order valence-electron chi connectivity index (χ1n) is 11.1. The van der Waals surface area contributed by atoms with Crippen LogP contribution in [0.3, 0.4) is 0 Å². The van der Waals surface area contributed by atoms with Gasteiger partial charge in [-0.2, -0.15) is 26.3 Å². The van der Waals surface area contributed by atoms with Gasteiger partial charge in [-0.05, 0) is 87.4 Å². The highest BCUT2D eigenvalue weighted by molar-refractivity contribution is 6.07. The zero-order valence-corrected chi connectivity index (χ0v) is 20.2. The first kappa shape index (κ1) is 27.1. The Morgan fingerprint density at radius 3 is 1.61 bits per heavy atom. The Hall–Kier alpha value is -3.49. The number of benzene rings is 2. The molecule has 0 radical (unpaired) electrons. The van der Waals surface area contributed by atoms with E-state index < -0.39 is 29.4 Å². The standard InChI is InChI=1S/C27H25F6N3/c1-16-9-20(26(28,29)30)13-23(11-16)35-18(3)25(15-22-7-5-6-8-34-22)19(4)36-24-12-17(2)10-21(14-24)27(31,32)33/h5-14,25H,15H2,1-4H3. The van der Waals surface area contributed by atoms with Crippen LogP contribution in [0.15, 0.2) is 70.8 Å². The van der Waals surface area contributed by atoms with Crippen molar-refractivity contribution >= 4 is 22.8 Å². The molecule has 0 saturated heterocycles. The van der Waals surface area contributed by atoms with Crippen LogP contribution in [0.5, 0.6) is 0 Å². The van der Waals surface area contributed by atoms with Gasteiger partial charge in [0.05, 0.1) is 22.5 Å². The normalized spacial score (nSPS) is 14.2. The fourth-order valence-corrected chi connectivity index (χ4v) is 3.87. The van der Waals surface area contributed by atoms with Crippen LogP contribution in [-0.4, -0.2) is 16.4 Å². The molecule has 0 aliphatic heterocycles. The molecule has 3 rings (SSSR count). The van der Waals surface area contributed by atoms with Crippen molar-refractivity contribution in [3.05, 3.63) is 88.7 Å². The third-order valence-corrected chi connectivity index (χ3v) is 5.54. The topological polar surface area (TPSA) is 37.6 Å². The minimum atomic E-state index is -4.52. The van der Waals surface area contributed by atoms with Gasteiger partial charge in [-0.25, -0.2) is 0 Å². The quantitative estimate of drug-likeness (QED) is 0.245. The zero-order chi connectivity index (χ0) is 26.7. The number of halogens is 6. The van der Waals surface area contributed by atoms with Crippen molar-refractivity contribution in [3.8, 4) is 0 Å². The van der Waals surface area contributed by atoms with Gasteiger partial charge in [-0.3, -0.25) is 15.0 Å². The van der Waals surface area contributed by atoms with Crippen molar-refractivity contribution in [3.63, 3.8) is 0 Å². The molecule has 0 unspecified atom stereocenters. The van der Waals surface area contributed by atoms with Crippen LogP contribution in [0, 0.1) is 19.8 Å². The number of nitrogens with zero attached hydrogens (tertiary/aromatic N) is 3. The van der Waals surface area contributed by atoms with Crippen molar-refractivity contribution < 1.29 is 26.3 Å². The molecule has 0 fully saturated rings. The van der Waals surface area contributed by atoms with Crippen molar-refractivity contribution in [1.29, 1.82) is 0 Å². The molecule has 0 saturated carbocycles. The number of rotatable bonds is 6. The molecule has 0 bridgehead atoms. The lowest BCUT2D eigenvalue weighted by Gasteiger charge is -2.18. The molecule has 3 nitrogen and oxygen atoms in total. The van der Waals surface area contributed by atoms with Gasteiger partial charge in [0.15, 0.2) is 0 Å². The van der Waals surface area contributed by atoms with Crippen LogP contribution < -0.4 is 0 Å². The highest BCUT2D eigenvalue weighted by Crippen LogP contribution is 2.34. The average Bonchev–Trinajstić information content (AvgIpc) is 2.76. The second-order valence-electron chi connectivity index (χ2n) is 8.69. The molecule has 3 aromatic rings. The Balaban J connectivity index is 2.06. The molecule has 36 heavy (non-hydrogen) atoms. The first-order valence-corrected chi connectivity index (χ1v) is 11.1. The lowest BCUT2D eigenvalue weighted by atomic mass is 9.93. The van der Waals surface area contributed by atoms with Gasteiger partial charge in [-0.1, -0.05) is 6.07 Å². The van der Waals surface area contributed by atoms with Gasteiger partial charge in [-0.15, -0.1) is 0 Å². The summed E-state index contributed by atoms with van der Waals surface area (Å²) in [5.41, 5.74) is 1.08. The predicted octanol–water partition coefficient (Wildman–Crippen LogP) is 8.48. The predicted molar refractivity (Wildman–Crippen MR) is 129 cm³/mol. The Kier molecular flexibility index (Phi) is 8.01. The van der Waals surface area contributed by atoms with E-state index in [2.05, 4.69) is 15.0 Å². The lowest BCUT2D eigenvalue weighted by molar-refractivity contribution is -0.138. The van der Waals surface area contributed by atoms with Crippen molar-refractivity contribution in [1.82, 2.24) is 4.98 Å². The number of pyridine rings is 1. The zero-order valence-electron chi connectivity index (χ0n) is 20.2. The fraction of sp³-hybridized carbons (Fsp3) is 0.296. The molecule has 9 heteroatoms. The second-order valence-corrected chi connectivity index (χ2v) is 8.69. The summed E-state index contributed by atoms with van der Waals surface area (Å²) >= 11 is 0. The van der Waals surface area contributed by atoms with Crippen LogP contribution >= 0.6 is 0 Å². The highest BCUT2D eigenvalue weighted by atomic mass is 19.4. The summed E-state index contributed by atoms with van der Waals surface area (Å²) < 4.78 is 79.8. The summed E-state index contributed by atoms with van der Waals surface area (Å²) in [4.78, 5) is 13.2. The molecule has 0 N–H and O–H groups in total. The van der Waals surface area contributed by atoms with Gasteiger partial charge in [0.2, 0.25) is 0 Å². The number of alkyl halides is 6. The molecule has 0 aliphatic rings. The summed E-state index contributed by atoms with van der Waals surface area (Å²) in [5, 5.41) is 0. The number of hydrogen-bond donors (Lipinski definition) is 0. The SMILES string of the molecule is CC(=Nc1cc(C)cc(C(F)(F)F)c1)C(Cc1ccccn1)C(C)=Nc1cc(C)cc(C(F)(F)F)c1. The van der Waals surface area contributed by atoms with E-state index in [4.69, 9.17) is 0 Å². The van der Waals surface area contributed by atoms with E-state index >= 15 is 0 Å². The fourth-order valence-electron chi connectivity index (χ4n) is 3.87. The molecule has 2 aromatic carbocycles. The summed E-state index contributed by atoms with van der Waals surface area (Å²) in [6, 6.07) is 12.4. The van der Waals surface area contributed by atoms with E-state index in [0.29, 0.717) is 34.7 Å². The molecule has 1 heterocycles. The molecule has 0 spiro atoms. The Labute approximate surface area is 205 Å². The maximum Gasteiger partial charge on any atom is 0.416 e. The summed E-state index contributed by atoms with van der Waals surface area (Å²) in [6.07, 6.45) is -7.11. The Morgan fingerprint density at radius 2 is 1.22 bits per heavy atom. The largest absolute Gasteiger partial charge is 0.416 e. The Morgan fingerprint density at radius 1 is 0.750 bits per heavy atom. The first-order chi connectivity index (χ1) is 16.7. The lowest BCUT2D eigenvalue weighted by Crippen LogP contribution is -2.23. The minimum absolute atomic E-state index is 0.133.